The Morgan fingerprint density at radius 1 is 1.24 bits per heavy atom. The average Bonchev–Trinajstić information content (AvgIpc) is 2.68. The van der Waals surface area contributed by atoms with Crippen molar-refractivity contribution in [3.8, 4) is 5.75 Å². The molecular formula is C22H28N4O3. The number of aromatic hydroxyl groups is 1. The monoisotopic (exact) mass is 396 g/mol. The second-order valence-corrected chi connectivity index (χ2v) is 7.08. The van der Waals surface area contributed by atoms with Crippen LogP contribution in [0.4, 0.5) is 0 Å². The van der Waals surface area contributed by atoms with Crippen LogP contribution >= 0.6 is 0 Å². The topological polar surface area (TPSA) is 117 Å². The number of benzene rings is 1. The predicted molar refractivity (Wildman–Crippen MR) is 112 cm³/mol. The number of hydrogen-bond acceptors (Lipinski definition) is 5. The second-order valence-electron chi connectivity index (χ2n) is 7.08. The number of carbonyl (C=O) groups excluding carboxylic acids is 2. The molecule has 154 valence electrons. The van der Waals surface area contributed by atoms with E-state index >= 15 is 0 Å². The van der Waals surface area contributed by atoms with Gasteiger partial charge in [-0.05, 0) is 74.1 Å². The number of amides is 2. The summed E-state index contributed by atoms with van der Waals surface area (Å²) in [6.07, 6.45) is 7.79. The lowest BCUT2D eigenvalue weighted by Gasteiger charge is -2.18. The molecule has 29 heavy (non-hydrogen) atoms. The number of carbonyl (C=O) groups is 2. The van der Waals surface area contributed by atoms with Gasteiger partial charge in [-0.3, -0.25) is 14.6 Å². The van der Waals surface area contributed by atoms with Gasteiger partial charge in [-0.15, -0.1) is 0 Å². The largest absolute Gasteiger partial charge is 0.508 e. The number of phenols is 1. The Morgan fingerprint density at radius 3 is 2.55 bits per heavy atom. The van der Waals surface area contributed by atoms with E-state index in [1.165, 1.54) is 0 Å². The van der Waals surface area contributed by atoms with Crippen LogP contribution in [-0.2, 0) is 22.4 Å². The van der Waals surface area contributed by atoms with Gasteiger partial charge >= 0.3 is 0 Å². The van der Waals surface area contributed by atoms with Crippen LogP contribution in [0.15, 0.2) is 48.9 Å². The lowest BCUT2D eigenvalue weighted by atomic mass is 9.96. The van der Waals surface area contributed by atoms with Crippen molar-refractivity contribution in [2.75, 3.05) is 0 Å². The van der Waals surface area contributed by atoms with Gasteiger partial charge in [-0.25, -0.2) is 0 Å². The molecule has 0 bridgehead atoms. The zero-order valence-electron chi connectivity index (χ0n) is 17.0. The molecular weight excluding hydrogens is 368 g/mol. The van der Waals surface area contributed by atoms with Gasteiger partial charge in [0.05, 0.1) is 6.04 Å². The smallest absolute Gasteiger partial charge is 0.246 e. The van der Waals surface area contributed by atoms with E-state index < -0.39 is 18.0 Å². The Labute approximate surface area is 171 Å². The zero-order chi connectivity index (χ0) is 21.4. The Hall–Kier alpha value is -3.19. The van der Waals surface area contributed by atoms with Crippen LogP contribution in [0.3, 0.4) is 0 Å². The maximum Gasteiger partial charge on any atom is 0.246 e. The SMILES string of the molecule is Cc1cc(O)cc(C)c1CC(N)C(=O)N[C@H](C)C(=O)NC=CCc1cccnc1. The lowest BCUT2D eigenvalue weighted by molar-refractivity contribution is -0.128. The minimum atomic E-state index is -0.798. The molecule has 0 saturated carbocycles. The molecule has 7 nitrogen and oxygen atoms in total. The predicted octanol–water partition coefficient (Wildman–Crippen LogP) is 1.65. The van der Waals surface area contributed by atoms with E-state index in [1.54, 1.807) is 37.7 Å². The van der Waals surface area contributed by atoms with Crippen molar-refractivity contribution in [3.05, 3.63) is 71.2 Å². The third-order valence-corrected chi connectivity index (χ3v) is 4.61. The van der Waals surface area contributed by atoms with Crippen LogP contribution in [0.2, 0.25) is 0 Å². The first-order valence-electron chi connectivity index (χ1n) is 9.47. The molecule has 2 aromatic rings. The molecule has 0 aliphatic rings. The van der Waals surface area contributed by atoms with Crippen LogP contribution in [0, 0.1) is 13.8 Å². The molecule has 1 aromatic carbocycles. The Bertz CT molecular complexity index is 858. The second kappa shape index (κ2) is 10.4. The first-order chi connectivity index (χ1) is 13.8. The quantitative estimate of drug-likeness (QED) is 0.541. The molecule has 0 aliphatic carbocycles. The fourth-order valence-corrected chi connectivity index (χ4v) is 2.97. The number of allylic oxidation sites excluding steroid dienone is 1. The minimum Gasteiger partial charge on any atom is -0.508 e. The van der Waals surface area contributed by atoms with Crippen molar-refractivity contribution < 1.29 is 14.7 Å². The number of nitrogens with one attached hydrogen (secondary N) is 2. The van der Waals surface area contributed by atoms with Crippen molar-refractivity contribution >= 4 is 11.8 Å². The van der Waals surface area contributed by atoms with Crippen LogP contribution in [0.5, 0.6) is 5.75 Å². The van der Waals surface area contributed by atoms with Crippen LogP contribution < -0.4 is 16.4 Å². The number of hydrogen-bond donors (Lipinski definition) is 4. The molecule has 0 saturated heterocycles. The van der Waals surface area contributed by atoms with E-state index in [2.05, 4.69) is 15.6 Å². The fraction of sp³-hybridized carbons (Fsp3) is 0.318. The number of aryl methyl sites for hydroxylation is 2. The third kappa shape index (κ3) is 6.73. The maximum atomic E-state index is 12.4. The molecule has 2 atom stereocenters. The van der Waals surface area contributed by atoms with Crippen molar-refractivity contribution in [2.45, 2.75) is 45.7 Å². The Kier molecular flexibility index (Phi) is 7.91. The summed E-state index contributed by atoms with van der Waals surface area (Å²) in [7, 11) is 0. The van der Waals surface area contributed by atoms with Crippen molar-refractivity contribution in [1.82, 2.24) is 15.6 Å². The van der Waals surface area contributed by atoms with E-state index in [-0.39, 0.29) is 11.7 Å². The summed E-state index contributed by atoms with van der Waals surface area (Å²) >= 11 is 0. The number of nitrogens with zero attached hydrogens (tertiary/aromatic N) is 1. The standard InChI is InChI=1S/C22H28N4O3/c1-14-10-18(27)11-15(2)19(14)12-20(23)22(29)26-16(3)21(28)25-9-5-7-17-6-4-8-24-13-17/h4-6,8-11,13,16,20,27H,7,12,23H2,1-3H3,(H,25,28)(H,26,29)/t16-,20?/m1/s1. The van der Waals surface area contributed by atoms with Crippen LogP contribution in [0.25, 0.3) is 0 Å². The summed E-state index contributed by atoms with van der Waals surface area (Å²) in [5.74, 6) is -0.549. The molecule has 0 aliphatic heterocycles. The lowest BCUT2D eigenvalue weighted by Crippen LogP contribution is -2.50. The molecule has 1 aromatic heterocycles. The van der Waals surface area contributed by atoms with Gasteiger partial charge in [-0.2, -0.15) is 0 Å². The van der Waals surface area contributed by atoms with Gasteiger partial charge in [0.25, 0.3) is 0 Å². The summed E-state index contributed by atoms with van der Waals surface area (Å²) in [5, 5.41) is 14.9. The van der Waals surface area contributed by atoms with Crippen LogP contribution in [0.1, 0.15) is 29.2 Å². The zero-order valence-corrected chi connectivity index (χ0v) is 17.0. The van der Waals surface area contributed by atoms with Gasteiger partial charge < -0.3 is 21.5 Å². The molecule has 7 heteroatoms. The summed E-state index contributed by atoms with van der Waals surface area (Å²) in [6, 6.07) is 5.55. The van der Waals surface area contributed by atoms with E-state index in [9.17, 15) is 14.7 Å². The normalized spacial score (nSPS) is 13.1. The van der Waals surface area contributed by atoms with Gasteiger partial charge in [0.2, 0.25) is 11.8 Å². The first kappa shape index (κ1) is 22.1. The van der Waals surface area contributed by atoms with Gasteiger partial charge in [-0.1, -0.05) is 12.1 Å². The summed E-state index contributed by atoms with van der Waals surface area (Å²) in [4.78, 5) is 28.6. The van der Waals surface area contributed by atoms with Crippen LogP contribution in [-0.4, -0.2) is 34.0 Å². The summed E-state index contributed by atoms with van der Waals surface area (Å²) in [6.45, 7) is 5.33. The molecule has 2 amide bonds. The van der Waals surface area contributed by atoms with Gasteiger partial charge in [0.15, 0.2) is 0 Å². The highest BCUT2D eigenvalue weighted by Crippen LogP contribution is 2.21. The molecule has 1 unspecified atom stereocenters. The van der Waals surface area contributed by atoms with E-state index in [0.29, 0.717) is 12.8 Å². The minimum absolute atomic E-state index is 0.184. The van der Waals surface area contributed by atoms with E-state index in [4.69, 9.17) is 5.73 Å². The number of aromatic nitrogens is 1. The molecule has 2 rings (SSSR count). The Morgan fingerprint density at radius 2 is 1.93 bits per heavy atom. The van der Waals surface area contributed by atoms with Crippen molar-refractivity contribution in [3.63, 3.8) is 0 Å². The summed E-state index contributed by atoms with van der Waals surface area (Å²) < 4.78 is 0. The third-order valence-electron chi connectivity index (χ3n) is 4.61. The molecule has 5 N–H and O–H groups in total. The van der Waals surface area contributed by atoms with Gasteiger partial charge in [0, 0.05) is 18.6 Å². The molecule has 1 heterocycles. The van der Waals surface area contributed by atoms with E-state index in [0.717, 1.165) is 22.3 Å². The number of rotatable bonds is 8. The summed E-state index contributed by atoms with van der Waals surface area (Å²) in [5.41, 5.74) is 9.72. The molecule has 0 spiro atoms. The molecule has 0 radical (unpaired) electrons. The van der Waals surface area contributed by atoms with Crippen molar-refractivity contribution in [1.29, 1.82) is 0 Å². The number of phenolic OH excluding ortho intramolecular Hbond substituents is 1. The highest BCUT2D eigenvalue weighted by atomic mass is 16.3. The highest BCUT2D eigenvalue weighted by Gasteiger charge is 2.21. The molecule has 0 fully saturated rings. The average molecular weight is 396 g/mol. The Balaban J connectivity index is 1.83. The highest BCUT2D eigenvalue weighted by molar-refractivity contribution is 5.89. The number of nitrogens with two attached hydrogens (primary N) is 1. The van der Waals surface area contributed by atoms with Crippen molar-refractivity contribution in [2.24, 2.45) is 5.73 Å². The number of pyridine rings is 1. The maximum absolute atomic E-state index is 12.4. The van der Waals surface area contributed by atoms with E-state index in [1.807, 2.05) is 32.1 Å². The fourth-order valence-electron chi connectivity index (χ4n) is 2.97. The first-order valence-corrected chi connectivity index (χ1v) is 9.47. The van der Waals surface area contributed by atoms with Gasteiger partial charge in [0.1, 0.15) is 11.8 Å².